The molecule has 1 aromatic carbocycles. The van der Waals surface area contributed by atoms with E-state index in [2.05, 4.69) is 4.72 Å². The molecular formula is C12H14ClNO4S. The topological polar surface area (TPSA) is 83.5 Å². The van der Waals surface area contributed by atoms with E-state index in [1.54, 1.807) is 6.07 Å². The minimum atomic E-state index is -3.72. The van der Waals surface area contributed by atoms with Crippen LogP contribution in [-0.2, 0) is 14.8 Å². The fourth-order valence-electron chi connectivity index (χ4n) is 2.02. The van der Waals surface area contributed by atoms with Gasteiger partial charge in [-0.15, -0.1) is 0 Å². The molecule has 0 amide bonds. The molecule has 7 heteroatoms. The van der Waals surface area contributed by atoms with E-state index in [0.717, 1.165) is 6.42 Å². The third-order valence-electron chi connectivity index (χ3n) is 3.47. The van der Waals surface area contributed by atoms with Crippen molar-refractivity contribution in [3.05, 3.63) is 29.3 Å². The zero-order valence-corrected chi connectivity index (χ0v) is 11.7. The molecule has 0 bridgehead atoms. The predicted octanol–water partition coefficient (Wildman–Crippen LogP) is 1.87. The van der Waals surface area contributed by atoms with Crippen LogP contribution in [0.15, 0.2) is 29.2 Å². The summed E-state index contributed by atoms with van der Waals surface area (Å²) < 4.78 is 26.4. The summed E-state index contributed by atoms with van der Waals surface area (Å²) in [6.45, 7) is -0.0861. The third kappa shape index (κ3) is 2.91. The van der Waals surface area contributed by atoms with E-state index in [4.69, 9.17) is 16.7 Å². The molecule has 0 atom stereocenters. The number of nitrogens with one attached hydrogen (secondary N) is 1. The summed E-state index contributed by atoms with van der Waals surface area (Å²) in [4.78, 5) is 11.2. The standard InChI is InChI=1S/C12H14ClNO4S/c13-9-3-1-4-10(7-9)19(17,18)14-8-12(11(15)16)5-2-6-12/h1,3-4,7,14H,2,5-6,8H2,(H,15,16). The summed E-state index contributed by atoms with van der Waals surface area (Å²) in [5.41, 5.74) is -0.953. The molecule has 5 nitrogen and oxygen atoms in total. The van der Waals surface area contributed by atoms with Gasteiger partial charge in [-0.3, -0.25) is 4.79 Å². The van der Waals surface area contributed by atoms with Gasteiger partial charge in [-0.2, -0.15) is 0 Å². The zero-order chi connectivity index (χ0) is 14.1. The van der Waals surface area contributed by atoms with Crippen molar-refractivity contribution in [1.82, 2.24) is 4.72 Å². The second-order valence-corrected chi connectivity index (χ2v) is 6.92. The number of halogens is 1. The van der Waals surface area contributed by atoms with Gasteiger partial charge in [0.05, 0.1) is 10.3 Å². The molecule has 0 radical (unpaired) electrons. The molecule has 0 unspecified atom stereocenters. The largest absolute Gasteiger partial charge is 0.481 e. The maximum Gasteiger partial charge on any atom is 0.310 e. The van der Waals surface area contributed by atoms with Crippen molar-refractivity contribution in [2.24, 2.45) is 5.41 Å². The van der Waals surface area contributed by atoms with Gasteiger partial charge < -0.3 is 5.11 Å². The summed E-state index contributed by atoms with van der Waals surface area (Å²) in [5, 5.41) is 9.46. The first kappa shape index (κ1) is 14.3. The number of hydrogen-bond donors (Lipinski definition) is 2. The van der Waals surface area contributed by atoms with E-state index < -0.39 is 21.4 Å². The lowest BCUT2D eigenvalue weighted by Crippen LogP contribution is -2.47. The van der Waals surface area contributed by atoms with E-state index in [1.165, 1.54) is 18.2 Å². The van der Waals surface area contributed by atoms with E-state index >= 15 is 0 Å². The van der Waals surface area contributed by atoms with Gasteiger partial charge in [0.1, 0.15) is 0 Å². The molecule has 0 heterocycles. The van der Waals surface area contributed by atoms with Crippen LogP contribution in [0.5, 0.6) is 0 Å². The summed E-state index contributed by atoms with van der Waals surface area (Å²) in [6, 6.07) is 5.86. The fourth-order valence-corrected chi connectivity index (χ4v) is 3.45. The fraction of sp³-hybridized carbons (Fsp3) is 0.417. The average molecular weight is 304 g/mol. The highest BCUT2D eigenvalue weighted by Crippen LogP contribution is 2.40. The van der Waals surface area contributed by atoms with Gasteiger partial charge in [-0.1, -0.05) is 24.1 Å². The molecule has 1 fully saturated rings. The highest BCUT2D eigenvalue weighted by atomic mass is 35.5. The molecule has 1 saturated carbocycles. The molecule has 104 valence electrons. The predicted molar refractivity (Wildman–Crippen MR) is 70.6 cm³/mol. The summed E-state index contributed by atoms with van der Waals surface area (Å²) >= 11 is 5.74. The minimum Gasteiger partial charge on any atom is -0.481 e. The number of sulfonamides is 1. The SMILES string of the molecule is O=C(O)C1(CNS(=O)(=O)c2cccc(Cl)c2)CCC1. The Balaban J connectivity index is 2.12. The highest BCUT2D eigenvalue weighted by Gasteiger charge is 2.44. The van der Waals surface area contributed by atoms with Gasteiger partial charge in [-0.05, 0) is 31.0 Å². The number of hydrogen-bond acceptors (Lipinski definition) is 3. The van der Waals surface area contributed by atoms with Crippen LogP contribution in [0.3, 0.4) is 0 Å². The van der Waals surface area contributed by atoms with Gasteiger partial charge in [0.15, 0.2) is 0 Å². The number of carbonyl (C=O) groups is 1. The van der Waals surface area contributed by atoms with Crippen LogP contribution in [0, 0.1) is 5.41 Å². The Kier molecular flexibility index (Phi) is 3.85. The van der Waals surface area contributed by atoms with Crippen molar-refractivity contribution in [2.75, 3.05) is 6.54 Å². The number of rotatable bonds is 5. The summed E-state index contributed by atoms with van der Waals surface area (Å²) in [7, 11) is -3.72. The highest BCUT2D eigenvalue weighted by molar-refractivity contribution is 7.89. The lowest BCUT2D eigenvalue weighted by Gasteiger charge is -2.37. The third-order valence-corrected chi connectivity index (χ3v) is 5.11. The number of aliphatic carboxylic acids is 1. The number of carboxylic acids is 1. The first-order valence-electron chi connectivity index (χ1n) is 5.84. The molecule has 1 aromatic rings. The second kappa shape index (κ2) is 5.11. The minimum absolute atomic E-state index is 0.0415. The first-order valence-corrected chi connectivity index (χ1v) is 7.71. The monoisotopic (exact) mass is 303 g/mol. The molecule has 0 aromatic heterocycles. The van der Waals surface area contributed by atoms with Gasteiger partial charge in [0.2, 0.25) is 10.0 Å². The van der Waals surface area contributed by atoms with Crippen molar-refractivity contribution in [3.63, 3.8) is 0 Å². The van der Waals surface area contributed by atoms with Crippen LogP contribution in [0.2, 0.25) is 5.02 Å². The normalized spacial score (nSPS) is 17.7. The van der Waals surface area contributed by atoms with Crippen molar-refractivity contribution in [3.8, 4) is 0 Å². The molecule has 0 spiro atoms. The van der Waals surface area contributed by atoms with Crippen molar-refractivity contribution >= 4 is 27.6 Å². The van der Waals surface area contributed by atoms with E-state index in [1.807, 2.05) is 0 Å². The maximum atomic E-state index is 12.0. The lowest BCUT2D eigenvalue weighted by atomic mass is 9.69. The lowest BCUT2D eigenvalue weighted by molar-refractivity contribution is -0.153. The Morgan fingerprint density at radius 1 is 1.42 bits per heavy atom. The average Bonchev–Trinajstić information content (AvgIpc) is 2.27. The van der Waals surface area contributed by atoms with Crippen LogP contribution in [0.1, 0.15) is 19.3 Å². The van der Waals surface area contributed by atoms with Crippen LogP contribution in [0.4, 0.5) is 0 Å². The summed E-state index contributed by atoms with van der Waals surface area (Å²) in [6.07, 6.45) is 1.81. The molecule has 2 rings (SSSR count). The maximum absolute atomic E-state index is 12.0. The Morgan fingerprint density at radius 3 is 2.58 bits per heavy atom. The number of carboxylic acid groups (broad SMARTS) is 1. The molecule has 0 saturated heterocycles. The molecule has 19 heavy (non-hydrogen) atoms. The van der Waals surface area contributed by atoms with E-state index in [-0.39, 0.29) is 11.4 Å². The first-order chi connectivity index (χ1) is 8.86. The number of benzene rings is 1. The zero-order valence-electron chi connectivity index (χ0n) is 10.1. The molecule has 1 aliphatic rings. The van der Waals surface area contributed by atoms with Gasteiger partial charge in [0, 0.05) is 11.6 Å². The Morgan fingerprint density at radius 2 is 2.11 bits per heavy atom. The quantitative estimate of drug-likeness (QED) is 0.870. The van der Waals surface area contributed by atoms with E-state index in [0.29, 0.717) is 17.9 Å². The Hall–Kier alpha value is -1.11. The summed E-state index contributed by atoms with van der Waals surface area (Å²) in [5.74, 6) is -0.951. The molecular weight excluding hydrogens is 290 g/mol. The van der Waals surface area contributed by atoms with Crippen molar-refractivity contribution < 1.29 is 18.3 Å². The molecule has 2 N–H and O–H groups in total. The van der Waals surface area contributed by atoms with Crippen LogP contribution in [-0.4, -0.2) is 26.0 Å². The Labute approximate surface area is 116 Å². The molecule has 1 aliphatic carbocycles. The Bertz CT molecular complexity index is 596. The van der Waals surface area contributed by atoms with Crippen LogP contribution >= 0.6 is 11.6 Å². The van der Waals surface area contributed by atoms with Crippen molar-refractivity contribution in [1.29, 1.82) is 0 Å². The van der Waals surface area contributed by atoms with Crippen LogP contribution in [0.25, 0.3) is 0 Å². The second-order valence-electron chi connectivity index (χ2n) is 4.72. The van der Waals surface area contributed by atoms with Crippen LogP contribution < -0.4 is 4.72 Å². The van der Waals surface area contributed by atoms with Crippen molar-refractivity contribution in [2.45, 2.75) is 24.2 Å². The van der Waals surface area contributed by atoms with Gasteiger partial charge in [0.25, 0.3) is 0 Å². The smallest absolute Gasteiger partial charge is 0.310 e. The molecule has 0 aliphatic heterocycles. The van der Waals surface area contributed by atoms with Gasteiger partial charge in [-0.25, -0.2) is 13.1 Å². The van der Waals surface area contributed by atoms with Gasteiger partial charge >= 0.3 is 5.97 Å². The van der Waals surface area contributed by atoms with E-state index in [9.17, 15) is 13.2 Å².